The number of aliphatic hydroxyl groups is 1. The number of ether oxygens (including phenoxy) is 1. The van der Waals surface area contributed by atoms with Gasteiger partial charge in [-0.3, -0.25) is 0 Å². The average molecular weight is 299 g/mol. The van der Waals surface area contributed by atoms with E-state index >= 15 is 0 Å². The molecule has 5 nitrogen and oxygen atoms in total. The van der Waals surface area contributed by atoms with Gasteiger partial charge >= 0.3 is 0 Å². The number of nitrogens with zero attached hydrogens (tertiary/aromatic N) is 1. The molecule has 1 unspecified atom stereocenters. The zero-order chi connectivity index (χ0) is 14.6. The fourth-order valence-electron chi connectivity index (χ4n) is 2.54. The molecule has 0 radical (unpaired) electrons. The largest absolute Gasteiger partial charge is 0.392 e. The van der Waals surface area contributed by atoms with Crippen molar-refractivity contribution in [3.8, 4) is 0 Å². The van der Waals surface area contributed by atoms with Gasteiger partial charge in [0.15, 0.2) is 0 Å². The summed E-state index contributed by atoms with van der Waals surface area (Å²) < 4.78 is 31.4. The number of hydrogen-bond acceptors (Lipinski definition) is 4. The molecule has 1 aromatic rings. The van der Waals surface area contributed by atoms with E-state index in [2.05, 4.69) is 0 Å². The van der Waals surface area contributed by atoms with Crippen LogP contribution in [0.3, 0.4) is 0 Å². The van der Waals surface area contributed by atoms with Crippen LogP contribution in [0.2, 0.25) is 0 Å². The topological polar surface area (TPSA) is 66.8 Å². The van der Waals surface area contributed by atoms with Crippen LogP contribution >= 0.6 is 0 Å². The van der Waals surface area contributed by atoms with Gasteiger partial charge in [-0.1, -0.05) is 24.3 Å². The standard InChI is InChI=1S/C14H21NO4S/c1-19-10-14-5-6-15(8-14)20(17,18)11-13-4-2-3-12(7-13)9-16/h2-4,7,14,16H,5-6,8-11H2,1H3. The third-order valence-corrected chi connectivity index (χ3v) is 5.38. The van der Waals surface area contributed by atoms with Gasteiger partial charge in [0.2, 0.25) is 10.0 Å². The molecule has 0 aliphatic carbocycles. The zero-order valence-electron chi connectivity index (χ0n) is 11.7. The Balaban J connectivity index is 2.04. The quantitative estimate of drug-likeness (QED) is 0.850. The Labute approximate surface area is 120 Å². The van der Waals surface area contributed by atoms with Gasteiger partial charge in [0.1, 0.15) is 0 Å². The molecule has 1 atom stereocenters. The summed E-state index contributed by atoms with van der Waals surface area (Å²) in [5.74, 6) is 0.277. The monoisotopic (exact) mass is 299 g/mol. The molecule has 20 heavy (non-hydrogen) atoms. The summed E-state index contributed by atoms with van der Waals surface area (Å²) in [7, 11) is -1.66. The number of sulfonamides is 1. The Hall–Kier alpha value is -0.950. The third-order valence-electron chi connectivity index (χ3n) is 3.57. The van der Waals surface area contributed by atoms with Crippen molar-refractivity contribution in [2.75, 3.05) is 26.8 Å². The summed E-state index contributed by atoms with van der Waals surface area (Å²) in [6.07, 6.45) is 0.851. The maximum absolute atomic E-state index is 12.4. The second kappa shape index (κ2) is 6.67. The van der Waals surface area contributed by atoms with Crippen LogP contribution in [0, 0.1) is 5.92 Å². The molecule has 0 bridgehead atoms. The first-order chi connectivity index (χ1) is 9.55. The van der Waals surface area contributed by atoms with Crippen LogP contribution in [0.25, 0.3) is 0 Å². The summed E-state index contributed by atoms with van der Waals surface area (Å²) >= 11 is 0. The molecule has 1 heterocycles. The highest BCUT2D eigenvalue weighted by atomic mass is 32.2. The SMILES string of the molecule is COCC1CCN(S(=O)(=O)Cc2cccc(CO)c2)C1. The molecule has 112 valence electrons. The van der Waals surface area contributed by atoms with Crippen molar-refractivity contribution in [1.29, 1.82) is 0 Å². The van der Waals surface area contributed by atoms with Crippen molar-refractivity contribution in [2.45, 2.75) is 18.8 Å². The lowest BCUT2D eigenvalue weighted by molar-refractivity contribution is 0.157. The lowest BCUT2D eigenvalue weighted by Gasteiger charge is -2.16. The Morgan fingerprint density at radius 2 is 2.15 bits per heavy atom. The van der Waals surface area contributed by atoms with E-state index < -0.39 is 10.0 Å². The van der Waals surface area contributed by atoms with E-state index in [0.29, 0.717) is 31.2 Å². The number of methoxy groups -OCH3 is 1. The normalized spacial score (nSPS) is 20.4. The molecule has 1 N–H and O–H groups in total. The number of rotatable bonds is 6. The summed E-state index contributed by atoms with van der Waals surface area (Å²) in [6, 6.07) is 7.06. The molecule has 1 aliphatic rings. The molecule has 1 saturated heterocycles. The summed E-state index contributed by atoms with van der Waals surface area (Å²) in [6.45, 7) is 1.63. The van der Waals surface area contributed by atoms with Gasteiger partial charge in [0, 0.05) is 20.2 Å². The van der Waals surface area contributed by atoms with Crippen molar-refractivity contribution >= 4 is 10.0 Å². The molecule has 6 heteroatoms. The van der Waals surface area contributed by atoms with Gasteiger partial charge in [-0.25, -0.2) is 12.7 Å². The minimum Gasteiger partial charge on any atom is -0.392 e. The van der Waals surface area contributed by atoms with Crippen LogP contribution in [0.5, 0.6) is 0 Å². The molecule has 0 saturated carbocycles. The highest BCUT2D eigenvalue weighted by Gasteiger charge is 2.31. The van der Waals surface area contributed by atoms with Gasteiger partial charge in [-0.05, 0) is 23.5 Å². The van der Waals surface area contributed by atoms with Gasteiger partial charge in [0.25, 0.3) is 0 Å². The van der Waals surface area contributed by atoms with Gasteiger partial charge in [0.05, 0.1) is 19.0 Å². The fraction of sp³-hybridized carbons (Fsp3) is 0.571. The average Bonchev–Trinajstić information content (AvgIpc) is 2.88. The van der Waals surface area contributed by atoms with E-state index in [0.717, 1.165) is 12.0 Å². The van der Waals surface area contributed by atoms with E-state index in [1.165, 1.54) is 0 Å². The maximum Gasteiger partial charge on any atom is 0.218 e. The molecule has 0 spiro atoms. The molecule has 0 aromatic heterocycles. The minimum absolute atomic E-state index is 0.0134. The van der Waals surface area contributed by atoms with Crippen LogP contribution in [-0.4, -0.2) is 44.6 Å². The van der Waals surface area contributed by atoms with Gasteiger partial charge in [-0.2, -0.15) is 0 Å². The van der Waals surface area contributed by atoms with Crippen molar-refractivity contribution in [2.24, 2.45) is 5.92 Å². The molecule has 1 fully saturated rings. The number of aliphatic hydroxyl groups excluding tert-OH is 1. The first kappa shape index (κ1) is 15.4. The van der Waals surface area contributed by atoms with Crippen molar-refractivity contribution < 1.29 is 18.3 Å². The van der Waals surface area contributed by atoms with E-state index in [9.17, 15) is 8.42 Å². The van der Waals surface area contributed by atoms with Crippen LogP contribution in [0.4, 0.5) is 0 Å². The molecule has 1 aromatic carbocycles. The summed E-state index contributed by atoms with van der Waals surface area (Å²) in [4.78, 5) is 0. The van der Waals surface area contributed by atoms with E-state index in [1.54, 1.807) is 35.7 Å². The fourth-order valence-corrected chi connectivity index (χ4v) is 4.15. The predicted octanol–water partition coefficient (Wildman–Crippen LogP) is 0.977. The second-order valence-electron chi connectivity index (χ2n) is 5.20. The van der Waals surface area contributed by atoms with E-state index in [1.807, 2.05) is 0 Å². The van der Waals surface area contributed by atoms with Crippen LogP contribution in [0.15, 0.2) is 24.3 Å². The van der Waals surface area contributed by atoms with Crippen LogP contribution < -0.4 is 0 Å². The Morgan fingerprint density at radius 1 is 1.40 bits per heavy atom. The summed E-state index contributed by atoms with van der Waals surface area (Å²) in [5.41, 5.74) is 1.45. The van der Waals surface area contributed by atoms with E-state index in [4.69, 9.17) is 9.84 Å². The van der Waals surface area contributed by atoms with Gasteiger partial charge in [-0.15, -0.1) is 0 Å². The van der Waals surface area contributed by atoms with Gasteiger partial charge < -0.3 is 9.84 Å². The number of hydrogen-bond donors (Lipinski definition) is 1. The molecule has 1 aliphatic heterocycles. The lowest BCUT2D eigenvalue weighted by Crippen LogP contribution is -2.30. The highest BCUT2D eigenvalue weighted by molar-refractivity contribution is 7.88. The molecule has 0 amide bonds. The van der Waals surface area contributed by atoms with E-state index in [-0.39, 0.29) is 12.4 Å². The lowest BCUT2D eigenvalue weighted by atomic mass is 10.1. The molecular weight excluding hydrogens is 278 g/mol. The first-order valence-electron chi connectivity index (χ1n) is 6.70. The second-order valence-corrected chi connectivity index (χ2v) is 7.17. The number of benzene rings is 1. The smallest absolute Gasteiger partial charge is 0.218 e. The molecule has 2 rings (SSSR count). The summed E-state index contributed by atoms with van der Waals surface area (Å²) in [5, 5.41) is 9.09. The van der Waals surface area contributed by atoms with Crippen molar-refractivity contribution in [1.82, 2.24) is 4.31 Å². The molecular formula is C14H21NO4S. The minimum atomic E-state index is -3.29. The highest BCUT2D eigenvalue weighted by Crippen LogP contribution is 2.22. The van der Waals surface area contributed by atoms with Crippen molar-refractivity contribution in [3.05, 3.63) is 35.4 Å². The third kappa shape index (κ3) is 3.79. The maximum atomic E-state index is 12.4. The van der Waals surface area contributed by atoms with Crippen LogP contribution in [-0.2, 0) is 27.1 Å². The van der Waals surface area contributed by atoms with Crippen molar-refractivity contribution in [3.63, 3.8) is 0 Å². The first-order valence-corrected chi connectivity index (χ1v) is 8.31. The zero-order valence-corrected chi connectivity index (χ0v) is 12.5. The Kier molecular flexibility index (Phi) is 5.15. The Morgan fingerprint density at radius 3 is 2.85 bits per heavy atom. The Bertz CT molecular complexity index is 544. The predicted molar refractivity (Wildman–Crippen MR) is 76.5 cm³/mol. The van der Waals surface area contributed by atoms with Crippen LogP contribution in [0.1, 0.15) is 17.5 Å².